The Morgan fingerprint density at radius 3 is 2.57 bits per heavy atom. The lowest BCUT2D eigenvalue weighted by molar-refractivity contribution is -0.124. The number of amidine groups is 1. The highest BCUT2D eigenvalue weighted by molar-refractivity contribution is 8.93. The molecule has 0 bridgehead atoms. The third-order valence-electron chi connectivity index (χ3n) is 4.12. The topological polar surface area (TPSA) is 41.5 Å². The van der Waals surface area contributed by atoms with Crippen molar-refractivity contribution in [3.63, 3.8) is 0 Å². The van der Waals surface area contributed by atoms with Gasteiger partial charge in [0.05, 0.1) is 17.7 Å². The predicted molar refractivity (Wildman–Crippen MR) is 95.1 cm³/mol. The number of thioether (sulfide) groups is 1. The Hall–Kier alpha value is -0.520. The molecular formula is C15H18BrClN2OS. The van der Waals surface area contributed by atoms with Crippen molar-refractivity contribution in [3.05, 3.63) is 34.9 Å². The van der Waals surface area contributed by atoms with E-state index in [4.69, 9.17) is 11.6 Å². The standard InChI is InChI=1S/C15H17ClN2OS.BrH/c16-12-4-2-11(3-5-12)15(6-1-7-15)13(19)10-20-14-17-8-9-18-14;/h2-5H,1,6-10H2,(H,17,18);1H. The van der Waals surface area contributed by atoms with E-state index in [9.17, 15) is 4.79 Å². The average molecular weight is 390 g/mol. The van der Waals surface area contributed by atoms with E-state index in [1.165, 1.54) is 11.8 Å². The number of ketones is 1. The fraction of sp³-hybridized carbons (Fsp3) is 0.467. The number of Topliss-reactive ketones (excluding diaryl/α,β-unsaturated/α-hetero) is 1. The van der Waals surface area contributed by atoms with E-state index in [0.717, 1.165) is 48.1 Å². The highest BCUT2D eigenvalue weighted by atomic mass is 79.9. The maximum Gasteiger partial charge on any atom is 0.157 e. The Kier molecular flexibility index (Phi) is 5.74. The van der Waals surface area contributed by atoms with E-state index in [2.05, 4.69) is 10.3 Å². The summed E-state index contributed by atoms with van der Waals surface area (Å²) in [5.74, 6) is 0.807. The molecule has 1 aliphatic heterocycles. The van der Waals surface area contributed by atoms with Gasteiger partial charge < -0.3 is 5.32 Å². The smallest absolute Gasteiger partial charge is 0.157 e. The van der Waals surface area contributed by atoms with Crippen LogP contribution in [-0.2, 0) is 10.2 Å². The summed E-state index contributed by atoms with van der Waals surface area (Å²) in [6.07, 6.45) is 3.03. The molecule has 1 aliphatic carbocycles. The molecule has 0 spiro atoms. The minimum Gasteiger partial charge on any atom is -0.363 e. The average Bonchev–Trinajstić information content (AvgIpc) is 2.90. The molecule has 0 saturated heterocycles. The predicted octanol–water partition coefficient (Wildman–Crippen LogP) is 3.60. The first-order valence-electron chi connectivity index (χ1n) is 6.91. The quantitative estimate of drug-likeness (QED) is 0.855. The van der Waals surface area contributed by atoms with Crippen molar-refractivity contribution in [2.75, 3.05) is 18.8 Å². The van der Waals surface area contributed by atoms with Crippen LogP contribution >= 0.6 is 40.3 Å². The van der Waals surface area contributed by atoms with Crippen molar-refractivity contribution < 1.29 is 4.79 Å². The fourth-order valence-corrected chi connectivity index (χ4v) is 3.83. The van der Waals surface area contributed by atoms with Gasteiger partial charge in [0.25, 0.3) is 0 Å². The van der Waals surface area contributed by atoms with Gasteiger partial charge in [-0.2, -0.15) is 0 Å². The van der Waals surface area contributed by atoms with Crippen LogP contribution in [0.25, 0.3) is 0 Å². The number of nitrogens with zero attached hydrogens (tertiary/aromatic N) is 1. The largest absolute Gasteiger partial charge is 0.363 e. The minimum absolute atomic E-state index is 0. The third kappa shape index (κ3) is 3.46. The van der Waals surface area contributed by atoms with Gasteiger partial charge in [-0.05, 0) is 30.5 Å². The Balaban J connectivity index is 0.00000161. The number of halogens is 2. The summed E-state index contributed by atoms with van der Waals surface area (Å²) in [7, 11) is 0. The molecule has 0 amide bonds. The normalized spacial score (nSPS) is 19.0. The minimum atomic E-state index is -0.281. The molecule has 1 heterocycles. The van der Waals surface area contributed by atoms with Crippen LogP contribution in [0.5, 0.6) is 0 Å². The molecule has 114 valence electrons. The van der Waals surface area contributed by atoms with Crippen molar-refractivity contribution in [2.24, 2.45) is 4.99 Å². The number of benzene rings is 1. The molecule has 3 rings (SSSR count). The summed E-state index contributed by atoms with van der Waals surface area (Å²) in [4.78, 5) is 17.0. The Labute approximate surface area is 144 Å². The fourth-order valence-electron chi connectivity index (χ4n) is 2.77. The molecule has 6 heteroatoms. The van der Waals surface area contributed by atoms with Crippen LogP contribution in [0.15, 0.2) is 29.3 Å². The maximum atomic E-state index is 12.7. The number of aliphatic imine (C=N–C) groups is 1. The van der Waals surface area contributed by atoms with E-state index in [1.54, 1.807) is 0 Å². The summed E-state index contributed by atoms with van der Waals surface area (Å²) in [5.41, 5.74) is 0.830. The second-order valence-corrected chi connectivity index (χ2v) is 6.67. The van der Waals surface area contributed by atoms with Gasteiger partial charge in [0.2, 0.25) is 0 Å². The number of nitrogens with one attached hydrogen (secondary N) is 1. The Bertz CT molecular complexity index is 543. The molecule has 3 nitrogen and oxygen atoms in total. The van der Waals surface area contributed by atoms with E-state index < -0.39 is 0 Å². The second kappa shape index (κ2) is 7.16. The summed E-state index contributed by atoms with van der Waals surface area (Å²) in [6.45, 7) is 1.71. The molecule has 0 atom stereocenters. The van der Waals surface area contributed by atoms with E-state index in [0.29, 0.717) is 11.5 Å². The van der Waals surface area contributed by atoms with Crippen LogP contribution in [0.4, 0.5) is 0 Å². The lowest BCUT2D eigenvalue weighted by Gasteiger charge is -2.41. The van der Waals surface area contributed by atoms with Gasteiger partial charge in [0, 0.05) is 11.6 Å². The molecule has 0 unspecified atom stereocenters. The number of hydrogen-bond donors (Lipinski definition) is 1. The highest BCUT2D eigenvalue weighted by Crippen LogP contribution is 2.45. The van der Waals surface area contributed by atoms with E-state index in [-0.39, 0.29) is 22.4 Å². The molecule has 1 saturated carbocycles. The van der Waals surface area contributed by atoms with Gasteiger partial charge in [-0.3, -0.25) is 9.79 Å². The lowest BCUT2D eigenvalue weighted by Crippen LogP contribution is -2.43. The lowest BCUT2D eigenvalue weighted by atomic mass is 9.62. The zero-order valence-electron chi connectivity index (χ0n) is 11.6. The van der Waals surface area contributed by atoms with Crippen LogP contribution in [0.1, 0.15) is 24.8 Å². The van der Waals surface area contributed by atoms with E-state index >= 15 is 0 Å². The molecule has 1 fully saturated rings. The van der Waals surface area contributed by atoms with Gasteiger partial charge in [0.15, 0.2) is 11.0 Å². The molecule has 2 aliphatic rings. The van der Waals surface area contributed by atoms with Gasteiger partial charge in [-0.25, -0.2) is 0 Å². The maximum absolute atomic E-state index is 12.7. The van der Waals surface area contributed by atoms with Gasteiger partial charge in [-0.1, -0.05) is 41.9 Å². The molecule has 0 aromatic heterocycles. The Morgan fingerprint density at radius 1 is 1.33 bits per heavy atom. The number of carbonyl (C=O) groups is 1. The second-order valence-electron chi connectivity index (χ2n) is 5.27. The summed E-state index contributed by atoms with van der Waals surface area (Å²) >= 11 is 7.47. The summed E-state index contributed by atoms with van der Waals surface area (Å²) in [5, 5.41) is 4.81. The van der Waals surface area contributed by atoms with Crippen molar-refractivity contribution in [1.29, 1.82) is 0 Å². The number of rotatable bonds is 4. The van der Waals surface area contributed by atoms with Crippen LogP contribution < -0.4 is 5.32 Å². The van der Waals surface area contributed by atoms with Crippen molar-refractivity contribution in [1.82, 2.24) is 5.32 Å². The van der Waals surface area contributed by atoms with E-state index in [1.807, 2.05) is 24.3 Å². The monoisotopic (exact) mass is 388 g/mol. The van der Waals surface area contributed by atoms with Gasteiger partial charge in [0.1, 0.15) is 0 Å². The molecule has 0 radical (unpaired) electrons. The Morgan fingerprint density at radius 2 is 2.05 bits per heavy atom. The van der Waals surface area contributed by atoms with Crippen LogP contribution in [-0.4, -0.2) is 29.8 Å². The number of carbonyl (C=O) groups excluding carboxylic acids is 1. The van der Waals surface area contributed by atoms with Crippen LogP contribution in [0.2, 0.25) is 5.02 Å². The summed E-state index contributed by atoms with van der Waals surface area (Å²) < 4.78 is 0. The van der Waals surface area contributed by atoms with Gasteiger partial charge in [-0.15, -0.1) is 17.0 Å². The molecule has 1 aromatic carbocycles. The first kappa shape index (κ1) is 16.8. The number of hydrogen-bond acceptors (Lipinski definition) is 4. The molecular weight excluding hydrogens is 372 g/mol. The first-order valence-corrected chi connectivity index (χ1v) is 8.27. The molecule has 21 heavy (non-hydrogen) atoms. The molecule has 1 aromatic rings. The first-order chi connectivity index (χ1) is 9.71. The zero-order chi connectivity index (χ0) is 14.0. The summed E-state index contributed by atoms with van der Waals surface area (Å²) in [6, 6.07) is 7.74. The van der Waals surface area contributed by atoms with Crippen LogP contribution in [0, 0.1) is 0 Å². The highest BCUT2D eigenvalue weighted by Gasteiger charge is 2.44. The SMILES string of the molecule is Br.O=C(CSC1=NCCN1)C1(c2ccc(Cl)cc2)CCC1. The van der Waals surface area contributed by atoms with Crippen molar-refractivity contribution in [3.8, 4) is 0 Å². The molecule has 1 N–H and O–H groups in total. The van der Waals surface area contributed by atoms with Gasteiger partial charge >= 0.3 is 0 Å². The van der Waals surface area contributed by atoms with Crippen molar-refractivity contribution >= 4 is 51.3 Å². The van der Waals surface area contributed by atoms with Crippen molar-refractivity contribution in [2.45, 2.75) is 24.7 Å². The zero-order valence-corrected chi connectivity index (χ0v) is 14.9. The third-order valence-corrected chi connectivity index (χ3v) is 5.33. The van der Waals surface area contributed by atoms with Crippen LogP contribution in [0.3, 0.4) is 0 Å².